The number of benzene rings is 1. The van der Waals surface area contributed by atoms with Crippen molar-refractivity contribution < 1.29 is 27.2 Å². The summed E-state index contributed by atoms with van der Waals surface area (Å²) in [6, 6.07) is 6.98. The molecule has 2 aliphatic heterocycles. The first-order valence-corrected chi connectivity index (χ1v) is 15.5. The highest BCUT2D eigenvalue weighted by Gasteiger charge is 2.48. The SMILES string of the molecule is C[C@H]1NC(=O)[C@H]2C[C@@H]2CC(F)(F)CCCn2c(-c3nc4cc(C(=O)N[C@H]5CNCC[C@@H]5F)c(F)cc4n3C)cc3ccc1nc32. The fraction of sp³-hybridized carbons (Fsp3) is 0.500. The summed E-state index contributed by atoms with van der Waals surface area (Å²) in [7, 11) is 1.72. The van der Waals surface area contributed by atoms with Crippen LogP contribution in [0.15, 0.2) is 30.3 Å². The summed E-state index contributed by atoms with van der Waals surface area (Å²) < 4.78 is 63.1. The summed E-state index contributed by atoms with van der Waals surface area (Å²) in [5, 5.41) is 9.33. The minimum absolute atomic E-state index is 0.170. The zero-order chi connectivity index (χ0) is 31.6. The second-order valence-corrected chi connectivity index (χ2v) is 12.7. The van der Waals surface area contributed by atoms with Crippen molar-refractivity contribution in [3.05, 3.63) is 47.4 Å². The van der Waals surface area contributed by atoms with E-state index in [1.807, 2.05) is 29.7 Å². The molecule has 0 radical (unpaired) electrons. The smallest absolute Gasteiger partial charge is 0.254 e. The zero-order valence-electron chi connectivity index (χ0n) is 25.0. The summed E-state index contributed by atoms with van der Waals surface area (Å²) in [4.78, 5) is 35.4. The first-order valence-electron chi connectivity index (χ1n) is 15.5. The molecule has 13 heteroatoms. The van der Waals surface area contributed by atoms with Gasteiger partial charge in [-0.1, -0.05) is 0 Å². The molecule has 238 valence electrons. The van der Waals surface area contributed by atoms with Crippen LogP contribution in [0.25, 0.3) is 33.6 Å². The molecule has 9 nitrogen and oxygen atoms in total. The Hall–Kier alpha value is -4.00. The van der Waals surface area contributed by atoms with Gasteiger partial charge in [-0.2, -0.15) is 0 Å². The summed E-state index contributed by atoms with van der Waals surface area (Å²) in [5.74, 6) is -4.89. The van der Waals surface area contributed by atoms with E-state index in [0.717, 1.165) is 5.39 Å². The van der Waals surface area contributed by atoms with Gasteiger partial charge in [0.2, 0.25) is 11.8 Å². The van der Waals surface area contributed by atoms with Gasteiger partial charge < -0.3 is 25.1 Å². The number of nitrogens with zero attached hydrogens (tertiary/aromatic N) is 4. The maximum absolute atomic E-state index is 15.3. The summed E-state index contributed by atoms with van der Waals surface area (Å²) in [5.41, 5.74) is 2.35. The second-order valence-electron chi connectivity index (χ2n) is 12.7. The van der Waals surface area contributed by atoms with Crippen molar-refractivity contribution in [2.45, 2.75) is 69.8 Å². The van der Waals surface area contributed by atoms with Gasteiger partial charge in [0.25, 0.3) is 5.91 Å². The van der Waals surface area contributed by atoms with E-state index in [4.69, 9.17) is 9.97 Å². The third kappa shape index (κ3) is 5.55. The number of carbonyl (C=O) groups is 2. The molecular weight excluding hydrogens is 590 g/mol. The topological polar surface area (TPSA) is 106 Å². The molecule has 2 amide bonds. The van der Waals surface area contributed by atoms with Gasteiger partial charge in [0, 0.05) is 50.3 Å². The molecule has 5 atom stereocenters. The van der Waals surface area contributed by atoms with E-state index in [-0.39, 0.29) is 62.1 Å². The fourth-order valence-corrected chi connectivity index (χ4v) is 6.79. The number of amides is 2. The van der Waals surface area contributed by atoms with Crippen molar-refractivity contribution in [3.63, 3.8) is 0 Å². The maximum atomic E-state index is 15.3. The number of rotatable bonds is 3. The van der Waals surface area contributed by atoms with Crippen molar-refractivity contribution in [2.75, 3.05) is 13.1 Å². The second kappa shape index (κ2) is 11.1. The van der Waals surface area contributed by atoms with Crippen molar-refractivity contribution >= 4 is 33.9 Å². The molecule has 4 aromatic rings. The van der Waals surface area contributed by atoms with Gasteiger partial charge in [0.05, 0.1) is 40.1 Å². The number of halogens is 4. The first-order chi connectivity index (χ1) is 21.5. The first kappa shape index (κ1) is 29.7. The number of piperidine rings is 1. The maximum Gasteiger partial charge on any atom is 0.254 e. The van der Waals surface area contributed by atoms with E-state index in [1.165, 1.54) is 12.1 Å². The molecule has 1 saturated carbocycles. The Morgan fingerprint density at radius 2 is 2.00 bits per heavy atom. The standard InChI is InChI=1S/C32H35F4N7O2/c1-16-23-5-4-17-11-27(43(28(17)39-23)9-3-7-32(35,36)14-18-10-19(18)30(44)38-16)29-40-24-12-20(22(34)13-26(24)42(29)2)31(45)41-25-15-37-8-6-21(25)33/h4-5,11-13,16,18-19,21,25,37H,3,6-10,14-15H2,1-2H3,(H,38,44)(H,41,45)/t16-,18-,19+,21+,25+/m1/s1. The van der Waals surface area contributed by atoms with Crippen LogP contribution in [0, 0.1) is 17.7 Å². The fourth-order valence-electron chi connectivity index (χ4n) is 6.79. The number of aryl methyl sites for hydroxylation is 2. The summed E-state index contributed by atoms with van der Waals surface area (Å²) in [6.07, 6.45) is -0.986. The molecule has 1 aliphatic carbocycles. The quantitative estimate of drug-likeness (QED) is 0.284. The third-order valence-corrected chi connectivity index (χ3v) is 9.47. The average molecular weight is 626 g/mol. The van der Waals surface area contributed by atoms with Crippen molar-refractivity contribution in [2.24, 2.45) is 18.9 Å². The molecule has 5 heterocycles. The van der Waals surface area contributed by atoms with Gasteiger partial charge in [-0.25, -0.2) is 27.5 Å². The monoisotopic (exact) mass is 625 g/mol. The lowest BCUT2D eigenvalue weighted by atomic mass is 10.0. The van der Waals surface area contributed by atoms with Gasteiger partial charge in [-0.3, -0.25) is 9.59 Å². The third-order valence-electron chi connectivity index (χ3n) is 9.47. The Labute approximate surface area is 256 Å². The molecule has 1 saturated heterocycles. The van der Waals surface area contributed by atoms with Crippen LogP contribution >= 0.6 is 0 Å². The normalized spacial score (nSPS) is 26.8. The summed E-state index contributed by atoms with van der Waals surface area (Å²) >= 11 is 0. The Bertz CT molecular complexity index is 1820. The Morgan fingerprint density at radius 1 is 1.18 bits per heavy atom. The molecule has 7 rings (SSSR count). The Kier molecular flexibility index (Phi) is 7.33. The van der Waals surface area contributed by atoms with E-state index < -0.39 is 35.9 Å². The number of nitrogens with one attached hydrogen (secondary N) is 3. The Morgan fingerprint density at radius 3 is 2.80 bits per heavy atom. The number of alkyl halides is 3. The van der Waals surface area contributed by atoms with Crippen molar-refractivity contribution in [1.29, 1.82) is 0 Å². The molecule has 3 aromatic heterocycles. The van der Waals surface area contributed by atoms with Gasteiger partial charge >= 0.3 is 0 Å². The van der Waals surface area contributed by atoms with Crippen LogP contribution in [-0.2, 0) is 18.4 Å². The van der Waals surface area contributed by atoms with Crippen LogP contribution in [0.4, 0.5) is 17.6 Å². The number of fused-ring (bicyclic) bond motifs is 3. The van der Waals surface area contributed by atoms with Crippen LogP contribution in [0.1, 0.15) is 61.1 Å². The van der Waals surface area contributed by atoms with E-state index in [2.05, 4.69) is 16.0 Å². The van der Waals surface area contributed by atoms with Crippen molar-refractivity contribution in [3.8, 4) is 11.5 Å². The number of imidazole rings is 1. The minimum atomic E-state index is -2.90. The molecule has 45 heavy (non-hydrogen) atoms. The van der Waals surface area contributed by atoms with Gasteiger partial charge in [-0.05, 0) is 62.9 Å². The highest BCUT2D eigenvalue weighted by atomic mass is 19.3. The molecule has 3 aliphatic rings. The molecule has 0 unspecified atom stereocenters. The van der Waals surface area contributed by atoms with E-state index >= 15 is 4.39 Å². The van der Waals surface area contributed by atoms with E-state index in [0.29, 0.717) is 46.9 Å². The van der Waals surface area contributed by atoms with Crippen LogP contribution in [-0.4, -0.2) is 62.1 Å². The molecular formula is C32H35F4N7O2. The molecule has 3 N–H and O–H groups in total. The number of hydrogen-bond acceptors (Lipinski definition) is 5. The van der Waals surface area contributed by atoms with Gasteiger partial charge in [0.15, 0.2) is 5.82 Å². The predicted octanol–water partition coefficient (Wildman–Crippen LogP) is 4.79. The van der Waals surface area contributed by atoms with Crippen molar-refractivity contribution in [1.82, 2.24) is 35.1 Å². The molecule has 2 bridgehead atoms. The zero-order valence-corrected chi connectivity index (χ0v) is 25.0. The van der Waals surface area contributed by atoms with Crippen LogP contribution < -0.4 is 16.0 Å². The number of carbonyl (C=O) groups excluding carboxylic acids is 2. The van der Waals surface area contributed by atoms with Gasteiger partial charge in [0.1, 0.15) is 17.6 Å². The van der Waals surface area contributed by atoms with Crippen LogP contribution in [0.3, 0.4) is 0 Å². The number of aromatic nitrogens is 4. The highest BCUT2D eigenvalue weighted by molar-refractivity contribution is 5.98. The van der Waals surface area contributed by atoms with Gasteiger partial charge in [-0.15, -0.1) is 0 Å². The average Bonchev–Trinajstić information content (AvgIpc) is 3.56. The van der Waals surface area contributed by atoms with Crippen LogP contribution in [0.2, 0.25) is 0 Å². The summed E-state index contributed by atoms with van der Waals surface area (Å²) in [6.45, 7) is 2.83. The predicted molar refractivity (Wildman–Crippen MR) is 160 cm³/mol. The lowest BCUT2D eigenvalue weighted by molar-refractivity contribution is -0.123. The lowest BCUT2D eigenvalue weighted by Gasteiger charge is -2.27. The largest absolute Gasteiger partial charge is 0.348 e. The number of hydrogen-bond donors (Lipinski definition) is 3. The van der Waals surface area contributed by atoms with E-state index in [1.54, 1.807) is 11.6 Å². The lowest BCUT2D eigenvalue weighted by Crippen LogP contribution is -2.52. The highest BCUT2D eigenvalue weighted by Crippen LogP contribution is 2.47. The minimum Gasteiger partial charge on any atom is -0.348 e. The van der Waals surface area contributed by atoms with E-state index in [9.17, 15) is 22.8 Å². The molecule has 1 aromatic carbocycles. The number of pyridine rings is 1. The Balaban J connectivity index is 1.27. The molecule has 2 fully saturated rings. The molecule has 0 spiro atoms. The van der Waals surface area contributed by atoms with Crippen LogP contribution in [0.5, 0.6) is 0 Å².